The Bertz CT molecular complexity index is 391. The number of hydrogen-bond donors (Lipinski definition) is 1. The van der Waals surface area contributed by atoms with E-state index in [1.165, 1.54) is 12.8 Å². The van der Waals surface area contributed by atoms with Gasteiger partial charge in [-0.05, 0) is 49.5 Å². The van der Waals surface area contributed by atoms with Gasteiger partial charge in [0.15, 0.2) is 0 Å². The molecule has 90 valence electrons. The summed E-state index contributed by atoms with van der Waals surface area (Å²) in [6, 6.07) is 9.76. The van der Waals surface area contributed by atoms with Crippen molar-refractivity contribution in [2.45, 2.75) is 19.4 Å². The zero-order chi connectivity index (χ0) is 11.9. The van der Waals surface area contributed by atoms with Gasteiger partial charge in [0.2, 0.25) is 0 Å². The molecule has 1 heterocycles. The van der Waals surface area contributed by atoms with Crippen molar-refractivity contribution in [3.05, 3.63) is 35.4 Å². The first kappa shape index (κ1) is 12.1. The van der Waals surface area contributed by atoms with Crippen molar-refractivity contribution >= 4 is 0 Å². The third-order valence-electron chi connectivity index (χ3n) is 3.14. The first-order valence-corrected chi connectivity index (χ1v) is 6.16. The van der Waals surface area contributed by atoms with Gasteiger partial charge in [-0.2, -0.15) is 5.26 Å². The van der Waals surface area contributed by atoms with Crippen LogP contribution in [0.4, 0.5) is 0 Å². The average molecular weight is 230 g/mol. The lowest BCUT2D eigenvalue weighted by atomic mass is 9.99. The predicted molar refractivity (Wildman–Crippen MR) is 66.4 cm³/mol. The molecule has 1 aromatic carbocycles. The second kappa shape index (κ2) is 6.39. The smallest absolute Gasteiger partial charge is 0.0991 e. The summed E-state index contributed by atoms with van der Waals surface area (Å²) in [5.41, 5.74) is 1.78. The summed E-state index contributed by atoms with van der Waals surface area (Å²) in [5, 5.41) is 12.1. The number of piperidine rings is 1. The van der Waals surface area contributed by atoms with Crippen LogP contribution >= 0.6 is 0 Å². The minimum atomic E-state index is 0.611. The van der Waals surface area contributed by atoms with E-state index in [4.69, 9.17) is 10.00 Å². The molecule has 0 unspecified atom stereocenters. The Balaban J connectivity index is 1.75. The number of ether oxygens (including phenoxy) is 1. The molecule has 0 aliphatic carbocycles. The minimum absolute atomic E-state index is 0.611. The highest BCUT2D eigenvalue weighted by Gasteiger charge is 2.12. The molecule has 0 atom stereocenters. The third-order valence-corrected chi connectivity index (χ3v) is 3.14. The second-order valence-electron chi connectivity index (χ2n) is 4.52. The SMILES string of the molecule is N#Cc1cccc(COCC2CCNCC2)c1. The van der Waals surface area contributed by atoms with Crippen LogP contribution in [0.1, 0.15) is 24.0 Å². The molecule has 0 saturated carbocycles. The highest BCUT2D eigenvalue weighted by atomic mass is 16.5. The van der Waals surface area contributed by atoms with Crippen molar-refractivity contribution in [3.63, 3.8) is 0 Å². The molecule has 0 bridgehead atoms. The topological polar surface area (TPSA) is 45.0 Å². The van der Waals surface area contributed by atoms with E-state index in [0.29, 0.717) is 18.1 Å². The van der Waals surface area contributed by atoms with Gasteiger partial charge in [-0.25, -0.2) is 0 Å². The van der Waals surface area contributed by atoms with E-state index in [9.17, 15) is 0 Å². The van der Waals surface area contributed by atoms with E-state index >= 15 is 0 Å². The second-order valence-corrected chi connectivity index (χ2v) is 4.52. The fraction of sp³-hybridized carbons (Fsp3) is 0.500. The van der Waals surface area contributed by atoms with Crippen molar-refractivity contribution < 1.29 is 4.74 Å². The van der Waals surface area contributed by atoms with Crippen molar-refractivity contribution in [2.24, 2.45) is 5.92 Å². The van der Waals surface area contributed by atoms with Gasteiger partial charge in [-0.3, -0.25) is 0 Å². The Kier molecular flexibility index (Phi) is 4.54. The fourth-order valence-electron chi connectivity index (χ4n) is 2.12. The van der Waals surface area contributed by atoms with Gasteiger partial charge in [-0.15, -0.1) is 0 Å². The summed E-state index contributed by atoms with van der Waals surface area (Å²) in [5.74, 6) is 0.690. The van der Waals surface area contributed by atoms with E-state index in [1.807, 2.05) is 24.3 Å². The van der Waals surface area contributed by atoms with Crippen molar-refractivity contribution in [2.75, 3.05) is 19.7 Å². The molecule has 1 saturated heterocycles. The normalized spacial score (nSPS) is 16.6. The van der Waals surface area contributed by atoms with Crippen LogP contribution in [0.25, 0.3) is 0 Å². The van der Waals surface area contributed by atoms with Crippen LogP contribution in [0.3, 0.4) is 0 Å². The van der Waals surface area contributed by atoms with E-state index in [0.717, 1.165) is 25.3 Å². The molecule has 1 aliphatic heterocycles. The molecule has 1 fully saturated rings. The van der Waals surface area contributed by atoms with Gasteiger partial charge in [0.05, 0.1) is 18.2 Å². The Labute approximate surface area is 102 Å². The number of nitrogens with one attached hydrogen (secondary N) is 1. The maximum Gasteiger partial charge on any atom is 0.0991 e. The molecule has 2 rings (SSSR count). The molecular weight excluding hydrogens is 212 g/mol. The van der Waals surface area contributed by atoms with Crippen LogP contribution in [-0.2, 0) is 11.3 Å². The Hall–Kier alpha value is -1.37. The van der Waals surface area contributed by atoms with Crippen LogP contribution in [0.5, 0.6) is 0 Å². The predicted octanol–water partition coefficient (Wildman–Crippen LogP) is 2.07. The van der Waals surface area contributed by atoms with Gasteiger partial charge in [0, 0.05) is 6.61 Å². The lowest BCUT2D eigenvalue weighted by Crippen LogP contribution is -2.29. The molecule has 17 heavy (non-hydrogen) atoms. The molecule has 0 amide bonds. The minimum Gasteiger partial charge on any atom is -0.376 e. The summed E-state index contributed by atoms with van der Waals surface area (Å²) in [6.45, 7) is 3.66. The van der Waals surface area contributed by atoms with E-state index in [-0.39, 0.29) is 0 Å². The summed E-state index contributed by atoms with van der Waals surface area (Å²) in [4.78, 5) is 0. The molecule has 0 radical (unpaired) electrons. The molecular formula is C14H18N2O. The monoisotopic (exact) mass is 230 g/mol. The zero-order valence-electron chi connectivity index (χ0n) is 9.98. The van der Waals surface area contributed by atoms with Crippen LogP contribution in [0.2, 0.25) is 0 Å². The van der Waals surface area contributed by atoms with Gasteiger partial charge in [0.1, 0.15) is 0 Å². The quantitative estimate of drug-likeness (QED) is 0.861. The average Bonchev–Trinajstić information content (AvgIpc) is 2.40. The van der Waals surface area contributed by atoms with Gasteiger partial charge in [0.25, 0.3) is 0 Å². The number of rotatable bonds is 4. The van der Waals surface area contributed by atoms with Crippen LogP contribution in [0.15, 0.2) is 24.3 Å². The fourth-order valence-corrected chi connectivity index (χ4v) is 2.12. The van der Waals surface area contributed by atoms with Crippen LogP contribution in [-0.4, -0.2) is 19.7 Å². The molecule has 0 aromatic heterocycles. The van der Waals surface area contributed by atoms with E-state index in [2.05, 4.69) is 11.4 Å². The summed E-state index contributed by atoms with van der Waals surface area (Å²) >= 11 is 0. The zero-order valence-corrected chi connectivity index (χ0v) is 9.98. The Morgan fingerprint density at radius 3 is 2.94 bits per heavy atom. The lowest BCUT2D eigenvalue weighted by Gasteiger charge is -2.22. The van der Waals surface area contributed by atoms with Crippen molar-refractivity contribution in [1.29, 1.82) is 5.26 Å². The van der Waals surface area contributed by atoms with Crippen LogP contribution in [0, 0.1) is 17.2 Å². The number of hydrogen-bond acceptors (Lipinski definition) is 3. The highest BCUT2D eigenvalue weighted by molar-refractivity contribution is 5.32. The largest absolute Gasteiger partial charge is 0.376 e. The van der Waals surface area contributed by atoms with E-state index < -0.39 is 0 Å². The maximum atomic E-state index is 8.79. The first-order chi connectivity index (χ1) is 8.38. The highest BCUT2D eigenvalue weighted by Crippen LogP contribution is 2.13. The van der Waals surface area contributed by atoms with Gasteiger partial charge >= 0.3 is 0 Å². The molecule has 3 heteroatoms. The number of benzene rings is 1. The van der Waals surface area contributed by atoms with E-state index in [1.54, 1.807) is 0 Å². The standard InChI is InChI=1S/C14H18N2O/c15-9-13-2-1-3-14(8-13)11-17-10-12-4-6-16-7-5-12/h1-3,8,12,16H,4-7,10-11H2. The first-order valence-electron chi connectivity index (χ1n) is 6.16. The van der Waals surface area contributed by atoms with Gasteiger partial charge in [-0.1, -0.05) is 12.1 Å². The molecule has 0 spiro atoms. The summed E-state index contributed by atoms with van der Waals surface area (Å²) < 4.78 is 5.72. The van der Waals surface area contributed by atoms with Crippen molar-refractivity contribution in [3.8, 4) is 6.07 Å². The van der Waals surface area contributed by atoms with Crippen LogP contribution < -0.4 is 5.32 Å². The molecule has 1 aliphatic rings. The molecule has 1 N–H and O–H groups in total. The maximum absolute atomic E-state index is 8.79. The lowest BCUT2D eigenvalue weighted by molar-refractivity contribution is 0.0763. The Morgan fingerprint density at radius 1 is 1.35 bits per heavy atom. The number of nitrogens with zero attached hydrogens (tertiary/aromatic N) is 1. The van der Waals surface area contributed by atoms with Crippen molar-refractivity contribution in [1.82, 2.24) is 5.32 Å². The van der Waals surface area contributed by atoms with Gasteiger partial charge < -0.3 is 10.1 Å². The Morgan fingerprint density at radius 2 is 2.18 bits per heavy atom. The summed E-state index contributed by atoms with van der Waals surface area (Å²) in [7, 11) is 0. The third kappa shape index (κ3) is 3.85. The number of nitriles is 1. The molecule has 1 aromatic rings. The molecule has 3 nitrogen and oxygen atoms in total. The summed E-state index contributed by atoms with van der Waals surface area (Å²) in [6.07, 6.45) is 2.41.